The molecule has 6 nitrogen and oxygen atoms in total. The number of carbonyl (C=O) groups excluding carboxylic acids is 2. The van der Waals surface area contributed by atoms with Crippen molar-refractivity contribution in [3.63, 3.8) is 0 Å². The second kappa shape index (κ2) is 7.75. The molecule has 1 fully saturated rings. The maximum atomic E-state index is 12.0. The van der Waals surface area contributed by atoms with Gasteiger partial charge in [-0.2, -0.15) is 0 Å². The van der Waals surface area contributed by atoms with Crippen molar-refractivity contribution in [3.8, 4) is 0 Å². The van der Waals surface area contributed by atoms with E-state index >= 15 is 0 Å². The molecule has 1 saturated heterocycles. The van der Waals surface area contributed by atoms with Crippen molar-refractivity contribution in [3.05, 3.63) is 29.8 Å². The SMILES string of the molecule is O=C(NCCO)c1ccc(NC(=O)C2CCCCN2)cc1. The monoisotopic (exact) mass is 291 g/mol. The van der Waals surface area contributed by atoms with Crippen molar-refractivity contribution in [1.29, 1.82) is 0 Å². The van der Waals surface area contributed by atoms with Crippen molar-refractivity contribution in [2.75, 3.05) is 25.0 Å². The number of carbonyl (C=O) groups is 2. The Morgan fingerprint density at radius 3 is 2.62 bits per heavy atom. The van der Waals surface area contributed by atoms with Gasteiger partial charge in [0.15, 0.2) is 0 Å². The average molecular weight is 291 g/mol. The first-order chi connectivity index (χ1) is 10.2. The number of nitrogens with one attached hydrogen (secondary N) is 3. The molecule has 1 unspecified atom stereocenters. The van der Waals surface area contributed by atoms with Gasteiger partial charge in [-0.05, 0) is 43.7 Å². The molecule has 0 bridgehead atoms. The van der Waals surface area contributed by atoms with Crippen molar-refractivity contribution in [2.45, 2.75) is 25.3 Å². The third kappa shape index (κ3) is 4.54. The highest BCUT2D eigenvalue weighted by Gasteiger charge is 2.20. The van der Waals surface area contributed by atoms with E-state index in [1.54, 1.807) is 24.3 Å². The first kappa shape index (κ1) is 15.5. The number of aliphatic hydroxyl groups excluding tert-OH is 1. The smallest absolute Gasteiger partial charge is 0.251 e. The van der Waals surface area contributed by atoms with E-state index < -0.39 is 0 Å². The molecule has 6 heteroatoms. The number of hydrogen-bond donors (Lipinski definition) is 4. The Morgan fingerprint density at radius 1 is 1.24 bits per heavy atom. The highest BCUT2D eigenvalue weighted by atomic mass is 16.3. The fraction of sp³-hybridized carbons (Fsp3) is 0.467. The summed E-state index contributed by atoms with van der Waals surface area (Å²) in [5.41, 5.74) is 1.17. The Hall–Kier alpha value is -1.92. The summed E-state index contributed by atoms with van der Waals surface area (Å²) in [4.78, 5) is 23.7. The van der Waals surface area contributed by atoms with E-state index in [9.17, 15) is 9.59 Å². The fourth-order valence-electron chi connectivity index (χ4n) is 2.28. The van der Waals surface area contributed by atoms with Gasteiger partial charge in [0.05, 0.1) is 12.6 Å². The van der Waals surface area contributed by atoms with Crippen molar-refractivity contribution in [2.24, 2.45) is 0 Å². The molecular formula is C15H21N3O3. The lowest BCUT2D eigenvalue weighted by Crippen LogP contribution is -2.43. The van der Waals surface area contributed by atoms with Gasteiger partial charge in [-0.1, -0.05) is 6.42 Å². The maximum absolute atomic E-state index is 12.0. The summed E-state index contributed by atoms with van der Waals surface area (Å²) in [6.45, 7) is 1.01. The highest BCUT2D eigenvalue weighted by molar-refractivity contribution is 5.97. The summed E-state index contributed by atoms with van der Waals surface area (Å²) in [7, 11) is 0. The summed E-state index contributed by atoms with van der Waals surface area (Å²) in [5, 5.41) is 17.3. The number of rotatable bonds is 5. The zero-order valence-corrected chi connectivity index (χ0v) is 11.9. The van der Waals surface area contributed by atoms with Gasteiger partial charge in [0.1, 0.15) is 0 Å². The lowest BCUT2D eigenvalue weighted by Gasteiger charge is -2.22. The molecule has 1 aromatic carbocycles. The maximum Gasteiger partial charge on any atom is 0.251 e. The van der Waals surface area contributed by atoms with Gasteiger partial charge in [0, 0.05) is 17.8 Å². The van der Waals surface area contributed by atoms with Gasteiger partial charge in [0.25, 0.3) is 5.91 Å². The second-order valence-corrected chi connectivity index (χ2v) is 5.05. The standard InChI is InChI=1S/C15H21N3O3/c19-10-9-17-14(20)11-4-6-12(7-5-11)18-15(21)13-3-1-2-8-16-13/h4-7,13,16,19H,1-3,8-10H2,(H,17,20)(H,18,21). The van der Waals surface area contributed by atoms with Gasteiger partial charge in [-0.25, -0.2) is 0 Å². The largest absolute Gasteiger partial charge is 0.395 e. The van der Waals surface area contributed by atoms with Gasteiger partial charge in [-0.15, -0.1) is 0 Å². The number of benzene rings is 1. The molecule has 21 heavy (non-hydrogen) atoms. The van der Waals surface area contributed by atoms with Gasteiger partial charge in [0.2, 0.25) is 5.91 Å². The summed E-state index contributed by atoms with van der Waals surface area (Å²) in [6, 6.07) is 6.57. The minimum Gasteiger partial charge on any atom is -0.395 e. The van der Waals surface area contributed by atoms with Gasteiger partial charge in [-0.3, -0.25) is 9.59 Å². The first-order valence-corrected chi connectivity index (χ1v) is 7.24. The molecule has 2 amide bonds. The molecule has 4 N–H and O–H groups in total. The van der Waals surface area contributed by atoms with Crippen LogP contribution in [0.5, 0.6) is 0 Å². The van der Waals surface area contributed by atoms with Crippen LogP contribution in [0.3, 0.4) is 0 Å². The molecular weight excluding hydrogens is 270 g/mol. The Labute approximate surface area is 123 Å². The lowest BCUT2D eigenvalue weighted by atomic mass is 10.0. The number of hydrogen-bond acceptors (Lipinski definition) is 4. The van der Waals surface area contributed by atoms with Gasteiger partial charge >= 0.3 is 0 Å². The molecule has 114 valence electrons. The molecule has 0 radical (unpaired) electrons. The quantitative estimate of drug-likeness (QED) is 0.635. The molecule has 2 rings (SSSR count). The minimum atomic E-state index is -0.240. The number of aliphatic hydroxyl groups is 1. The van der Waals surface area contributed by atoms with Crippen LogP contribution in [-0.4, -0.2) is 42.7 Å². The van der Waals surface area contributed by atoms with E-state index in [-0.39, 0.29) is 31.0 Å². The van der Waals surface area contributed by atoms with Crippen LogP contribution in [0, 0.1) is 0 Å². The Morgan fingerprint density at radius 2 is 2.00 bits per heavy atom. The predicted octanol–water partition coefficient (Wildman–Crippen LogP) is 0.489. The average Bonchev–Trinajstić information content (AvgIpc) is 2.54. The third-order valence-electron chi connectivity index (χ3n) is 3.44. The zero-order chi connectivity index (χ0) is 15.1. The number of piperidine rings is 1. The minimum absolute atomic E-state index is 0.0350. The number of anilines is 1. The topological polar surface area (TPSA) is 90.5 Å². The van der Waals surface area contributed by atoms with E-state index in [2.05, 4.69) is 16.0 Å². The third-order valence-corrected chi connectivity index (χ3v) is 3.44. The molecule has 0 saturated carbocycles. The zero-order valence-electron chi connectivity index (χ0n) is 11.9. The molecule has 1 atom stereocenters. The summed E-state index contributed by atoms with van der Waals surface area (Å²) < 4.78 is 0. The Kier molecular flexibility index (Phi) is 5.71. The molecule has 0 spiro atoms. The van der Waals surface area contributed by atoms with Crippen LogP contribution in [0.2, 0.25) is 0 Å². The molecule has 1 aromatic rings. The van der Waals surface area contributed by atoms with Crippen LogP contribution in [0.15, 0.2) is 24.3 Å². The summed E-state index contributed by atoms with van der Waals surface area (Å²) in [6.07, 6.45) is 3.03. The van der Waals surface area contributed by atoms with E-state index in [0.717, 1.165) is 25.8 Å². The van der Waals surface area contributed by atoms with E-state index in [0.29, 0.717) is 11.3 Å². The van der Waals surface area contributed by atoms with Crippen LogP contribution in [0.1, 0.15) is 29.6 Å². The van der Waals surface area contributed by atoms with E-state index in [1.165, 1.54) is 0 Å². The Bertz CT molecular complexity index is 481. The Balaban J connectivity index is 1.89. The molecule has 1 aliphatic rings. The molecule has 1 aliphatic heterocycles. The van der Waals surface area contributed by atoms with Crippen molar-refractivity contribution >= 4 is 17.5 Å². The van der Waals surface area contributed by atoms with Crippen LogP contribution >= 0.6 is 0 Å². The fourth-order valence-corrected chi connectivity index (χ4v) is 2.28. The second-order valence-electron chi connectivity index (χ2n) is 5.05. The summed E-state index contributed by atoms with van der Waals surface area (Å²) >= 11 is 0. The normalized spacial score (nSPS) is 18.0. The predicted molar refractivity (Wildman–Crippen MR) is 80.1 cm³/mol. The van der Waals surface area contributed by atoms with Crippen molar-refractivity contribution < 1.29 is 14.7 Å². The highest BCUT2D eigenvalue weighted by Crippen LogP contribution is 2.13. The van der Waals surface area contributed by atoms with E-state index in [1.807, 2.05) is 0 Å². The van der Waals surface area contributed by atoms with Crippen LogP contribution in [-0.2, 0) is 4.79 Å². The number of amides is 2. The first-order valence-electron chi connectivity index (χ1n) is 7.24. The van der Waals surface area contributed by atoms with E-state index in [4.69, 9.17) is 5.11 Å². The van der Waals surface area contributed by atoms with Crippen LogP contribution < -0.4 is 16.0 Å². The van der Waals surface area contributed by atoms with Crippen LogP contribution in [0.25, 0.3) is 0 Å². The van der Waals surface area contributed by atoms with Crippen LogP contribution in [0.4, 0.5) is 5.69 Å². The molecule has 0 aromatic heterocycles. The van der Waals surface area contributed by atoms with Gasteiger partial charge < -0.3 is 21.1 Å². The molecule has 1 heterocycles. The van der Waals surface area contributed by atoms with Crippen molar-refractivity contribution in [1.82, 2.24) is 10.6 Å². The molecule has 0 aliphatic carbocycles. The lowest BCUT2D eigenvalue weighted by molar-refractivity contribution is -0.118. The summed E-state index contributed by atoms with van der Waals surface area (Å²) in [5.74, 6) is -0.275.